The monoisotopic (exact) mass is 334 g/mol. The van der Waals surface area contributed by atoms with Gasteiger partial charge in [0.2, 0.25) is 11.8 Å². The molecule has 0 radical (unpaired) electrons. The van der Waals surface area contributed by atoms with Crippen LogP contribution in [0.15, 0.2) is 12.2 Å². The number of rotatable bonds is 3. The van der Waals surface area contributed by atoms with Crippen LogP contribution in [0, 0.1) is 16.7 Å². The summed E-state index contributed by atoms with van der Waals surface area (Å²) in [6, 6.07) is 0. The lowest BCUT2D eigenvalue weighted by atomic mass is 9.54. The first-order valence-corrected chi connectivity index (χ1v) is 9.47. The summed E-state index contributed by atoms with van der Waals surface area (Å²) in [4.78, 5) is 28.1. The Labute approximate surface area is 147 Å². The van der Waals surface area contributed by atoms with Crippen LogP contribution in [0.5, 0.6) is 0 Å². The molecule has 1 aliphatic heterocycles. The largest absolute Gasteiger partial charge is 0.339 e. The van der Waals surface area contributed by atoms with Gasteiger partial charge in [0, 0.05) is 32.6 Å². The predicted octanol–water partition coefficient (Wildman–Crippen LogP) is 3.48. The van der Waals surface area contributed by atoms with E-state index in [1.54, 1.807) is 6.08 Å². The molecule has 2 fully saturated rings. The number of carbonyl (C=O) groups is 2. The van der Waals surface area contributed by atoms with Gasteiger partial charge in [-0.25, -0.2) is 0 Å². The van der Waals surface area contributed by atoms with Gasteiger partial charge >= 0.3 is 0 Å². The third-order valence-corrected chi connectivity index (χ3v) is 6.74. The third-order valence-electron chi connectivity index (χ3n) is 6.74. The summed E-state index contributed by atoms with van der Waals surface area (Å²) in [5, 5.41) is 0. The lowest BCUT2D eigenvalue weighted by molar-refractivity contribution is -0.137. The number of allylic oxidation sites excluding steroid dienone is 1. The SMILES string of the molecule is CCC(=O)N1CCN(C(=O)/C=C/[C@]2(C)C(C)CCCC2(C)C)CC1. The van der Waals surface area contributed by atoms with Crippen LogP contribution in [0.4, 0.5) is 0 Å². The molecule has 0 N–H and O–H groups in total. The number of nitrogens with zero attached hydrogens (tertiary/aromatic N) is 2. The van der Waals surface area contributed by atoms with Crippen LogP contribution in [0.25, 0.3) is 0 Å². The van der Waals surface area contributed by atoms with Crippen LogP contribution >= 0.6 is 0 Å². The normalized spacial score (nSPS) is 30.6. The molecule has 2 amide bonds. The molecule has 24 heavy (non-hydrogen) atoms. The standard InChI is InChI=1S/C20H34N2O2/c1-6-17(23)21-12-14-22(15-13-21)18(24)9-11-20(5)16(2)8-7-10-19(20,3)4/h9,11,16H,6-8,10,12-15H2,1-5H3/b11-9+/t16?,20-/m1/s1. The van der Waals surface area contributed by atoms with Gasteiger partial charge in [-0.3, -0.25) is 9.59 Å². The van der Waals surface area contributed by atoms with Gasteiger partial charge in [0.15, 0.2) is 0 Å². The van der Waals surface area contributed by atoms with Gasteiger partial charge in [0.1, 0.15) is 0 Å². The molecule has 2 aliphatic rings. The molecule has 0 aromatic rings. The van der Waals surface area contributed by atoms with Crippen molar-refractivity contribution < 1.29 is 9.59 Å². The zero-order valence-corrected chi connectivity index (χ0v) is 16.1. The van der Waals surface area contributed by atoms with E-state index in [1.165, 1.54) is 19.3 Å². The van der Waals surface area contributed by atoms with Crippen LogP contribution in [0.3, 0.4) is 0 Å². The molecule has 0 spiro atoms. The van der Waals surface area contributed by atoms with E-state index in [-0.39, 0.29) is 22.6 Å². The van der Waals surface area contributed by atoms with Gasteiger partial charge in [-0.1, -0.05) is 47.1 Å². The minimum absolute atomic E-state index is 0.0565. The molecule has 1 saturated carbocycles. The van der Waals surface area contributed by atoms with Crippen molar-refractivity contribution >= 4 is 11.8 Å². The molecule has 1 heterocycles. The molecule has 0 bridgehead atoms. The lowest BCUT2D eigenvalue weighted by Crippen LogP contribution is -2.50. The molecule has 1 saturated heterocycles. The maximum Gasteiger partial charge on any atom is 0.246 e. The van der Waals surface area contributed by atoms with Crippen LogP contribution < -0.4 is 0 Å². The minimum Gasteiger partial charge on any atom is -0.339 e. The molecule has 1 unspecified atom stereocenters. The number of hydrogen-bond acceptors (Lipinski definition) is 2. The molecule has 2 atom stereocenters. The van der Waals surface area contributed by atoms with Crippen LogP contribution in [-0.2, 0) is 9.59 Å². The van der Waals surface area contributed by atoms with Crippen molar-refractivity contribution in [2.24, 2.45) is 16.7 Å². The van der Waals surface area contributed by atoms with E-state index in [2.05, 4.69) is 33.8 Å². The van der Waals surface area contributed by atoms with Gasteiger partial charge in [0.05, 0.1) is 0 Å². The second-order valence-corrected chi connectivity index (χ2v) is 8.35. The second kappa shape index (κ2) is 7.28. The summed E-state index contributed by atoms with van der Waals surface area (Å²) < 4.78 is 0. The van der Waals surface area contributed by atoms with Crippen molar-refractivity contribution in [2.45, 2.75) is 60.3 Å². The molecule has 4 heteroatoms. The van der Waals surface area contributed by atoms with Crippen molar-refractivity contribution in [3.05, 3.63) is 12.2 Å². The van der Waals surface area contributed by atoms with E-state index in [4.69, 9.17) is 0 Å². The van der Waals surface area contributed by atoms with Gasteiger partial charge in [-0.15, -0.1) is 0 Å². The Hall–Kier alpha value is -1.32. The van der Waals surface area contributed by atoms with Gasteiger partial charge in [-0.05, 0) is 35.7 Å². The fraction of sp³-hybridized carbons (Fsp3) is 0.800. The van der Waals surface area contributed by atoms with E-state index in [1.807, 2.05) is 16.7 Å². The number of hydrogen-bond donors (Lipinski definition) is 0. The average molecular weight is 335 g/mol. The Bertz CT molecular complexity index is 504. The maximum atomic E-state index is 12.6. The van der Waals surface area contributed by atoms with Crippen molar-refractivity contribution in [2.75, 3.05) is 26.2 Å². The Morgan fingerprint density at radius 3 is 2.21 bits per heavy atom. The van der Waals surface area contributed by atoms with Crippen LogP contribution in [0.2, 0.25) is 0 Å². The fourth-order valence-corrected chi connectivity index (χ4v) is 4.23. The third kappa shape index (κ3) is 3.68. The van der Waals surface area contributed by atoms with Crippen LogP contribution in [-0.4, -0.2) is 47.8 Å². The highest BCUT2D eigenvalue weighted by molar-refractivity contribution is 5.88. The molecule has 136 valence electrons. The van der Waals surface area contributed by atoms with Crippen molar-refractivity contribution in [3.8, 4) is 0 Å². The van der Waals surface area contributed by atoms with Crippen molar-refractivity contribution in [1.29, 1.82) is 0 Å². The molecule has 0 aromatic carbocycles. The van der Waals surface area contributed by atoms with Crippen molar-refractivity contribution in [1.82, 2.24) is 9.80 Å². The summed E-state index contributed by atoms with van der Waals surface area (Å²) in [6.45, 7) is 13.8. The van der Waals surface area contributed by atoms with Gasteiger partial charge < -0.3 is 9.80 Å². The Morgan fingerprint density at radius 1 is 1.08 bits per heavy atom. The molecular weight excluding hydrogens is 300 g/mol. The molecule has 1 aliphatic carbocycles. The highest BCUT2D eigenvalue weighted by Gasteiger charge is 2.45. The Kier molecular flexibility index (Phi) is 5.77. The van der Waals surface area contributed by atoms with E-state index < -0.39 is 0 Å². The first-order valence-electron chi connectivity index (χ1n) is 9.47. The van der Waals surface area contributed by atoms with E-state index in [0.29, 0.717) is 38.5 Å². The topological polar surface area (TPSA) is 40.6 Å². The summed E-state index contributed by atoms with van der Waals surface area (Å²) >= 11 is 0. The number of carbonyl (C=O) groups excluding carboxylic acids is 2. The van der Waals surface area contributed by atoms with E-state index >= 15 is 0 Å². The highest BCUT2D eigenvalue weighted by atomic mass is 16.2. The first-order chi connectivity index (χ1) is 11.2. The fourth-order valence-electron chi connectivity index (χ4n) is 4.23. The lowest BCUT2D eigenvalue weighted by Gasteiger charge is -2.50. The van der Waals surface area contributed by atoms with Crippen LogP contribution in [0.1, 0.15) is 60.3 Å². The van der Waals surface area contributed by atoms with Crippen molar-refractivity contribution in [3.63, 3.8) is 0 Å². The molecule has 2 rings (SSSR count). The zero-order valence-electron chi connectivity index (χ0n) is 16.1. The predicted molar refractivity (Wildman–Crippen MR) is 97.5 cm³/mol. The Balaban J connectivity index is 1.99. The van der Waals surface area contributed by atoms with Gasteiger partial charge in [-0.2, -0.15) is 0 Å². The molecule has 0 aromatic heterocycles. The summed E-state index contributed by atoms with van der Waals surface area (Å²) in [6.07, 6.45) is 8.22. The first kappa shape index (κ1) is 19.0. The average Bonchev–Trinajstić information content (AvgIpc) is 2.57. The number of piperazine rings is 1. The van der Waals surface area contributed by atoms with E-state index in [9.17, 15) is 9.59 Å². The van der Waals surface area contributed by atoms with Gasteiger partial charge in [0.25, 0.3) is 0 Å². The van der Waals surface area contributed by atoms with E-state index in [0.717, 1.165) is 0 Å². The molecular formula is C20H34N2O2. The summed E-state index contributed by atoms with van der Waals surface area (Å²) in [5.74, 6) is 0.862. The zero-order chi connectivity index (χ0) is 18.0. The summed E-state index contributed by atoms with van der Waals surface area (Å²) in [7, 11) is 0. The maximum absolute atomic E-state index is 12.6. The highest BCUT2D eigenvalue weighted by Crippen LogP contribution is 2.54. The minimum atomic E-state index is 0.0565. The molecule has 4 nitrogen and oxygen atoms in total. The summed E-state index contributed by atoms with van der Waals surface area (Å²) in [5.41, 5.74) is 0.272. The number of amides is 2. The Morgan fingerprint density at radius 2 is 1.67 bits per heavy atom. The second-order valence-electron chi connectivity index (χ2n) is 8.35. The smallest absolute Gasteiger partial charge is 0.246 e. The quantitative estimate of drug-likeness (QED) is 0.742.